The Balaban J connectivity index is 2.33. The quantitative estimate of drug-likeness (QED) is 0.735. The van der Waals surface area contributed by atoms with Crippen LogP contribution in [0.2, 0.25) is 5.02 Å². The Morgan fingerprint density at radius 2 is 2.08 bits per heavy atom. The summed E-state index contributed by atoms with van der Waals surface area (Å²) in [5, 5.41) is 3.36. The molecule has 0 unspecified atom stereocenters. The largest absolute Gasteiger partial charge is 0.462 e. The lowest BCUT2D eigenvalue weighted by Crippen LogP contribution is -2.16. The molecular formula is C16H13ClFN3O3. The van der Waals surface area contributed by atoms with Crippen molar-refractivity contribution in [3.05, 3.63) is 57.0 Å². The second-order valence-corrected chi connectivity index (χ2v) is 5.40. The van der Waals surface area contributed by atoms with Crippen LogP contribution in [0.3, 0.4) is 0 Å². The van der Waals surface area contributed by atoms with Crippen molar-refractivity contribution in [2.45, 2.75) is 13.6 Å². The number of hydrogen-bond donors (Lipinski definition) is 1. The first-order chi connectivity index (χ1) is 11.5. The monoisotopic (exact) mass is 349 g/mol. The molecule has 0 radical (unpaired) electrons. The Hall–Kier alpha value is -2.67. The number of hydrogen-bond acceptors (Lipinski definition) is 4. The fourth-order valence-corrected chi connectivity index (χ4v) is 2.50. The number of aromatic amines is 1. The molecule has 8 heteroatoms. The lowest BCUT2D eigenvalue weighted by Gasteiger charge is -2.04. The summed E-state index contributed by atoms with van der Waals surface area (Å²) < 4.78 is 19.1. The molecule has 0 saturated carbocycles. The number of carbonyl (C=O) groups is 1. The van der Waals surface area contributed by atoms with Gasteiger partial charge in [0, 0.05) is 16.7 Å². The van der Waals surface area contributed by atoms with Crippen LogP contribution in [0.4, 0.5) is 4.39 Å². The number of alkyl halides is 1. The maximum Gasteiger partial charge on any atom is 0.344 e. The van der Waals surface area contributed by atoms with E-state index in [4.69, 9.17) is 16.3 Å². The molecule has 0 spiro atoms. The summed E-state index contributed by atoms with van der Waals surface area (Å²) in [6, 6.07) is 7.76. The first-order valence-electron chi connectivity index (χ1n) is 7.18. The van der Waals surface area contributed by atoms with Crippen molar-refractivity contribution >= 4 is 23.2 Å². The highest BCUT2D eigenvalue weighted by molar-refractivity contribution is 6.30. The Bertz CT molecular complexity index is 963. The number of carbonyl (C=O) groups excluding carboxylic acids is 1. The van der Waals surface area contributed by atoms with Gasteiger partial charge in [-0.2, -0.15) is 0 Å². The number of aromatic nitrogens is 3. The summed E-state index contributed by atoms with van der Waals surface area (Å²) in [5.41, 5.74) is 0.510. The first-order valence-corrected chi connectivity index (χ1v) is 7.56. The van der Waals surface area contributed by atoms with E-state index in [1.807, 2.05) is 0 Å². The molecule has 0 saturated heterocycles. The lowest BCUT2D eigenvalue weighted by molar-refractivity contribution is 0.0529. The van der Waals surface area contributed by atoms with Crippen molar-refractivity contribution in [3.8, 4) is 11.3 Å². The summed E-state index contributed by atoms with van der Waals surface area (Å²) in [6.07, 6.45) is 0. The molecule has 0 fully saturated rings. The predicted octanol–water partition coefficient (Wildman–Crippen LogP) is 2.99. The third-order valence-electron chi connectivity index (χ3n) is 3.42. The molecule has 1 aromatic carbocycles. The van der Waals surface area contributed by atoms with E-state index in [2.05, 4.69) is 10.1 Å². The van der Waals surface area contributed by atoms with E-state index in [-0.39, 0.29) is 23.5 Å². The Kier molecular flexibility index (Phi) is 4.35. The highest BCUT2D eigenvalue weighted by Crippen LogP contribution is 2.27. The molecule has 1 N–H and O–H groups in total. The molecule has 124 valence electrons. The van der Waals surface area contributed by atoms with Crippen LogP contribution in [0.1, 0.15) is 23.0 Å². The predicted molar refractivity (Wildman–Crippen MR) is 87.0 cm³/mol. The third kappa shape index (κ3) is 2.78. The summed E-state index contributed by atoms with van der Waals surface area (Å²) in [7, 11) is 0. The lowest BCUT2D eigenvalue weighted by atomic mass is 10.1. The number of fused-ring (bicyclic) bond motifs is 1. The van der Waals surface area contributed by atoms with Crippen molar-refractivity contribution in [3.63, 3.8) is 0 Å². The Morgan fingerprint density at radius 1 is 1.38 bits per heavy atom. The van der Waals surface area contributed by atoms with E-state index in [1.165, 1.54) is 0 Å². The topological polar surface area (TPSA) is 76.5 Å². The molecule has 2 heterocycles. The van der Waals surface area contributed by atoms with Crippen LogP contribution in [0.25, 0.3) is 16.9 Å². The molecule has 0 aliphatic rings. The maximum atomic E-state index is 12.9. The van der Waals surface area contributed by atoms with Gasteiger partial charge in [-0.3, -0.25) is 9.89 Å². The van der Waals surface area contributed by atoms with Gasteiger partial charge in [-0.05, 0) is 19.1 Å². The number of H-pyrrole nitrogens is 1. The van der Waals surface area contributed by atoms with Gasteiger partial charge in [0.1, 0.15) is 12.2 Å². The van der Waals surface area contributed by atoms with Crippen LogP contribution in [-0.4, -0.2) is 27.2 Å². The van der Waals surface area contributed by atoms with Gasteiger partial charge in [-0.25, -0.2) is 18.7 Å². The van der Waals surface area contributed by atoms with Gasteiger partial charge in [0.15, 0.2) is 5.65 Å². The molecule has 0 aliphatic carbocycles. The number of esters is 1. The van der Waals surface area contributed by atoms with Gasteiger partial charge < -0.3 is 4.74 Å². The van der Waals surface area contributed by atoms with Crippen LogP contribution in [0.5, 0.6) is 0 Å². The van der Waals surface area contributed by atoms with Crippen molar-refractivity contribution < 1.29 is 13.9 Å². The zero-order valence-electron chi connectivity index (χ0n) is 12.7. The van der Waals surface area contributed by atoms with E-state index in [0.29, 0.717) is 16.3 Å². The highest BCUT2D eigenvalue weighted by Gasteiger charge is 2.23. The van der Waals surface area contributed by atoms with E-state index < -0.39 is 18.2 Å². The molecule has 0 atom stereocenters. The Morgan fingerprint density at radius 3 is 2.71 bits per heavy atom. The summed E-state index contributed by atoms with van der Waals surface area (Å²) in [4.78, 5) is 28.6. The summed E-state index contributed by atoms with van der Waals surface area (Å²) in [6.45, 7) is 0.917. The molecule has 0 bridgehead atoms. The smallest absolute Gasteiger partial charge is 0.344 e. The summed E-state index contributed by atoms with van der Waals surface area (Å²) in [5.74, 6) is -0.649. The second kappa shape index (κ2) is 6.45. The van der Waals surface area contributed by atoms with Crippen LogP contribution in [0.15, 0.2) is 35.1 Å². The van der Waals surface area contributed by atoms with Gasteiger partial charge in [0.25, 0.3) is 5.56 Å². The average Bonchev–Trinajstić information content (AvgIpc) is 2.95. The maximum absolute atomic E-state index is 12.9. The molecule has 3 rings (SSSR count). The van der Waals surface area contributed by atoms with Gasteiger partial charge >= 0.3 is 5.97 Å². The van der Waals surface area contributed by atoms with E-state index in [1.54, 1.807) is 31.2 Å². The molecule has 0 amide bonds. The number of nitrogens with one attached hydrogen (secondary N) is 1. The zero-order chi connectivity index (χ0) is 17.3. The first kappa shape index (κ1) is 16.2. The Labute approximate surface area is 140 Å². The summed E-state index contributed by atoms with van der Waals surface area (Å²) >= 11 is 5.88. The highest BCUT2D eigenvalue weighted by atomic mass is 35.5. The van der Waals surface area contributed by atoms with Crippen LogP contribution in [0, 0.1) is 0 Å². The number of rotatable bonds is 4. The molecular weight excluding hydrogens is 337 g/mol. The van der Waals surface area contributed by atoms with E-state index >= 15 is 0 Å². The number of ether oxygens (including phenoxy) is 1. The van der Waals surface area contributed by atoms with Crippen molar-refractivity contribution in [1.29, 1.82) is 0 Å². The molecule has 2 aromatic heterocycles. The SMILES string of the molecule is CCOC(=O)c1c(-c2ccc(Cl)cc2)[nH]n2c(=O)cc(CF)nc12. The molecule has 3 aromatic rings. The van der Waals surface area contributed by atoms with Gasteiger partial charge in [-0.1, -0.05) is 23.7 Å². The zero-order valence-corrected chi connectivity index (χ0v) is 13.4. The third-order valence-corrected chi connectivity index (χ3v) is 3.67. The van der Waals surface area contributed by atoms with Gasteiger partial charge in [-0.15, -0.1) is 0 Å². The number of benzene rings is 1. The van der Waals surface area contributed by atoms with Crippen molar-refractivity contribution in [2.75, 3.05) is 6.61 Å². The van der Waals surface area contributed by atoms with Crippen molar-refractivity contribution in [2.24, 2.45) is 0 Å². The van der Waals surface area contributed by atoms with Crippen LogP contribution in [-0.2, 0) is 11.4 Å². The van der Waals surface area contributed by atoms with Gasteiger partial charge in [0.2, 0.25) is 0 Å². The minimum Gasteiger partial charge on any atom is -0.462 e. The molecule has 0 aliphatic heterocycles. The minimum absolute atomic E-state index is 0.0264. The number of nitrogens with zero attached hydrogens (tertiary/aromatic N) is 2. The normalized spacial score (nSPS) is 11.0. The van der Waals surface area contributed by atoms with Crippen LogP contribution >= 0.6 is 11.6 Å². The number of halogens is 2. The van der Waals surface area contributed by atoms with Gasteiger partial charge in [0.05, 0.1) is 18.0 Å². The second-order valence-electron chi connectivity index (χ2n) is 4.97. The molecule has 6 nitrogen and oxygen atoms in total. The average molecular weight is 350 g/mol. The van der Waals surface area contributed by atoms with E-state index in [0.717, 1.165) is 10.6 Å². The standard InChI is InChI=1S/C16H13ClFN3O3/c1-2-24-16(23)13-14(9-3-5-10(17)6-4-9)20-21-12(22)7-11(8-18)19-15(13)21/h3-7,20H,2,8H2,1H3. The van der Waals surface area contributed by atoms with E-state index in [9.17, 15) is 14.0 Å². The fourth-order valence-electron chi connectivity index (χ4n) is 2.38. The minimum atomic E-state index is -0.907. The fraction of sp³-hybridized carbons (Fsp3) is 0.188. The molecule has 24 heavy (non-hydrogen) atoms. The van der Waals surface area contributed by atoms with Crippen molar-refractivity contribution in [1.82, 2.24) is 14.6 Å². The van der Waals surface area contributed by atoms with Crippen LogP contribution < -0.4 is 5.56 Å².